The third-order valence-corrected chi connectivity index (χ3v) is 5.41. The number of halogens is 1. The van der Waals surface area contributed by atoms with Crippen LogP contribution in [-0.4, -0.2) is 52.3 Å². The van der Waals surface area contributed by atoms with Crippen LogP contribution in [0.2, 0.25) is 0 Å². The lowest BCUT2D eigenvalue weighted by molar-refractivity contribution is -0.120. The lowest BCUT2D eigenvalue weighted by Gasteiger charge is -2.31. The number of nitrogens with one attached hydrogen (secondary N) is 3. The predicted molar refractivity (Wildman–Crippen MR) is 109 cm³/mol. The first-order chi connectivity index (χ1) is 12.6. The van der Waals surface area contributed by atoms with E-state index < -0.39 is 0 Å². The molecule has 1 aromatic carbocycles. The molecule has 6 nitrogen and oxygen atoms in total. The number of rotatable bonds is 8. The van der Waals surface area contributed by atoms with Gasteiger partial charge in [0.15, 0.2) is 5.96 Å². The van der Waals surface area contributed by atoms with Crippen molar-refractivity contribution in [1.82, 2.24) is 16.0 Å². The third kappa shape index (κ3) is 5.99. The van der Waals surface area contributed by atoms with Crippen molar-refractivity contribution < 1.29 is 9.53 Å². The number of hydrogen-bond donors (Lipinski definition) is 3. The van der Waals surface area contributed by atoms with Gasteiger partial charge in [-0.25, -0.2) is 0 Å². The van der Waals surface area contributed by atoms with Crippen molar-refractivity contribution in [2.45, 2.75) is 31.1 Å². The molecule has 1 aliphatic carbocycles. The zero-order valence-corrected chi connectivity index (χ0v) is 17.2. The maximum Gasteiger partial charge on any atom is 0.239 e. The number of benzene rings is 1. The average Bonchev–Trinajstić information content (AvgIpc) is 3.13. The Kier molecular flexibility index (Phi) is 8.38. The second-order valence-corrected chi connectivity index (χ2v) is 7.53. The molecule has 0 aliphatic heterocycles. The Morgan fingerprint density at radius 2 is 1.88 bits per heavy atom. The van der Waals surface area contributed by atoms with Crippen molar-refractivity contribution in [2.75, 3.05) is 40.4 Å². The molecule has 1 amide bonds. The van der Waals surface area contributed by atoms with Gasteiger partial charge in [0.25, 0.3) is 0 Å². The minimum absolute atomic E-state index is 0.0755. The Morgan fingerprint density at radius 3 is 2.50 bits per heavy atom. The first-order valence-electron chi connectivity index (χ1n) is 9.06. The Bertz CT molecular complexity index is 598. The van der Waals surface area contributed by atoms with Gasteiger partial charge in [0, 0.05) is 37.1 Å². The van der Waals surface area contributed by atoms with Gasteiger partial charge in [-0.1, -0.05) is 40.9 Å². The van der Waals surface area contributed by atoms with Crippen LogP contribution in [0.3, 0.4) is 0 Å². The highest BCUT2D eigenvalue weighted by Gasteiger charge is 2.35. The summed E-state index contributed by atoms with van der Waals surface area (Å²) in [6.07, 6.45) is 4.81. The van der Waals surface area contributed by atoms with Crippen molar-refractivity contribution in [3.05, 3.63) is 34.3 Å². The molecule has 1 fully saturated rings. The van der Waals surface area contributed by atoms with Gasteiger partial charge in [0.05, 0.1) is 13.2 Å². The van der Waals surface area contributed by atoms with Crippen LogP contribution >= 0.6 is 15.9 Å². The van der Waals surface area contributed by atoms with Crippen molar-refractivity contribution in [1.29, 1.82) is 0 Å². The fourth-order valence-corrected chi connectivity index (χ4v) is 3.68. The van der Waals surface area contributed by atoms with Crippen molar-refractivity contribution in [2.24, 2.45) is 4.99 Å². The van der Waals surface area contributed by atoms with Crippen LogP contribution in [-0.2, 0) is 14.9 Å². The minimum atomic E-state index is -0.0755. The molecule has 0 bridgehead atoms. The fourth-order valence-electron chi connectivity index (χ4n) is 3.42. The van der Waals surface area contributed by atoms with E-state index in [9.17, 15) is 4.79 Å². The molecule has 7 heteroatoms. The van der Waals surface area contributed by atoms with Gasteiger partial charge >= 0.3 is 0 Å². The number of carbonyl (C=O) groups is 1. The molecule has 1 aliphatic rings. The molecular weight excluding hydrogens is 396 g/mol. The number of nitrogens with zero attached hydrogens (tertiary/aromatic N) is 1. The molecule has 0 spiro atoms. The summed E-state index contributed by atoms with van der Waals surface area (Å²) in [5.74, 6) is 0.573. The van der Waals surface area contributed by atoms with Gasteiger partial charge in [-0.2, -0.15) is 0 Å². The summed E-state index contributed by atoms with van der Waals surface area (Å²) in [5, 5.41) is 9.27. The quantitative estimate of drug-likeness (QED) is 0.339. The first-order valence-corrected chi connectivity index (χ1v) is 9.85. The maximum absolute atomic E-state index is 11.8. The SMILES string of the molecule is CN=C(NCC(=O)NCCOC)NCC1(c2ccc(Br)cc2)CCCC1. The number of amides is 1. The van der Waals surface area contributed by atoms with Crippen LogP contribution in [0.4, 0.5) is 0 Å². The Balaban J connectivity index is 1.89. The third-order valence-electron chi connectivity index (χ3n) is 4.88. The number of hydrogen-bond acceptors (Lipinski definition) is 3. The Morgan fingerprint density at radius 1 is 1.19 bits per heavy atom. The normalized spacial score (nSPS) is 16.3. The standard InChI is InChI=1S/C19H29BrN4O2/c1-21-18(23-13-17(25)22-11-12-26-2)24-14-19(9-3-4-10-19)15-5-7-16(20)8-6-15/h5-8H,3-4,9-14H2,1-2H3,(H,22,25)(H2,21,23,24). The highest BCUT2D eigenvalue weighted by Crippen LogP contribution is 2.40. The maximum atomic E-state index is 11.8. The molecule has 0 atom stereocenters. The van der Waals surface area contributed by atoms with E-state index in [2.05, 4.69) is 61.1 Å². The van der Waals surface area contributed by atoms with Gasteiger partial charge in [0.1, 0.15) is 0 Å². The Hall–Kier alpha value is -1.60. The predicted octanol–water partition coefficient (Wildman–Crippen LogP) is 2.19. The molecule has 0 unspecified atom stereocenters. The van der Waals surface area contributed by atoms with E-state index in [0.29, 0.717) is 19.1 Å². The summed E-state index contributed by atoms with van der Waals surface area (Å²) in [6, 6.07) is 8.62. The summed E-state index contributed by atoms with van der Waals surface area (Å²) < 4.78 is 6.02. The average molecular weight is 425 g/mol. The van der Waals surface area contributed by atoms with Gasteiger partial charge in [-0.3, -0.25) is 9.79 Å². The topological polar surface area (TPSA) is 74.8 Å². The van der Waals surface area contributed by atoms with Gasteiger partial charge in [-0.15, -0.1) is 0 Å². The lowest BCUT2D eigenvalue weighted by atomic mass is 9.79. The van der Waals surface area contributed by atoms with Crippen molar-refractivity contribution in [3.63, 3.8) is 0 Å². The number of ether oxygens (including phenoxy) is 1. The summed E-state index contributed by atoms with van der Waals surface area (Å²) in [5.41, 5.74) is 1.48. The number of methoxy groups -OCH3 is 1. The van der Waals surface area contributed by atoms with Crippen LogP contribution in [0.1, 0.15) is 31.2 Å². The fraction of sp³-hybridized carbons (Fsp3) is 0.579. The highest BCUT2D eigenvalue weighted by atomic mass is 79.9. The summed E-state index contributed by atoms with van der Waals surface area (Å²) in [7, 11) is 3.33. The van der Waals surface area contributed by atoms with Crippen LogP contribution in [0.15, 0.2) is 33.7 Å². The van der Waals surface area contributed by atoms with Gasteiger partial charge < -0.3 is 20.7 Å². The van der Waals surface area contributed by atoms with Crippen LogP contribution in [0.5, 0.6) is 0 Å². The number of aliphatic imine (C=N–C) groups is 1. The van der Waals surface area contributed by atoms with E-state index >= 15 is 0 Å². The zero-order chi connectivity index (χ0) is 18.8. The Labute approximate surface area is 164 Å². The molecule has 0 saturated heterocycles. The van der Waals surface area contributed by atoms with Crippen LogP contribution in [0, 0.1) is 0 Å². The van der Waals surface area contributed by atoms with Crippen LogP contribution < -0.4 is 16.0 Å². The molecule has 1 aromatic rings. The van der Waals surface area contributed by atoms with E-state index in [1.807, 2.05) is 0 Å². The molecule has 0 radical (unpaired) electrons. The van der Waals surface area contributed by atoms with E-state index in [4.69, 9.17) is 4.74 Å². The molecule has 1 saturated carbocycles. The smallest absolute Gasteiger partial charge is 0.239 e. The van der Waals surface area contributed by atoms with E-state index in [0.717, 1.165) is 23.9 Å². The van der Waals surface area contributed by atoms with E-state index in [-0.39, 0.29) is 17.9 Å². The van der Waals surface area contributed by atoms with Gasteiger partial charge in [0.2, 0.25) is 5.91 Å². The minimum Gasteiger partial charge on any atom is -0.383 e. The second-order valence-electron chi connectivity index (χ2n) is 6.62. The molecule has 2 rings (SSSR count). The van der Waals surface area contributed by atoms with E-state index in [1.54, 1.807) is 14.2 Å². The summed E-state index contributed by atoms with van der Waals surface area (Å²) >= 11 is 3.51. The number of carbonyl (C=O) groups excluding carboxylic acids is 1. The largest absolute Gasteiger partial charge is 0.383 e. The molecule has 3 N–H and O–H groups in total. The molecule has 144 valence electrons. The molecule has 26 heavy (non-hydrogen) atoms. The zero-order valence-electron chi connectivity index (χ0n) is 15.6. The van der Waals surface area contributed by atoms with E-state index in [1.165, 1.54) is 18.4 Å². The molecule has 0 heterocycles. The van der Waals surface area contributed by atoms with Crippen LogP contribution in [0.25, 0.3) is 0 Å². The molecule has 0 aromatic heterocycles. The summed E-state index contributed by atoms with van der Waals surface area (Å²) in [4.78, 5) is 16.0. The van der Waals surface area contributed by atoms with Crippen molar-refractivity contribution >= 4 is 27.8 Å². The number of guanidine groups is 1. The molecular formula is C19H29BrN4O2. The monoisotopic (exact) mass is 424 g/mol. The first kappa shape index (κ1) is 20.7. The highest BCUT2D eigenvalue weighted by molar-refractivity contribution is 9.10. The summed E-state index contributed by atoms with van der Waals surface area (Å²) in [6.45, 7) is 2.01. The van der Waals surface area contributed by atoms with Gasteiger partial charge in [-0.05, 0) is 30.5 Å². The van der Waals surface area contributed by atoms with Crippen molar-refractivity contribution in [3.8, 4) is 0 Å². The second kappa shape index (κ2) is 10.5. The lowest BCUT2D eigenvalue weighted by Crippen LogP contribution is -2.47.